The van der Waals surface area contributed by atoms with E-state index in [1.54, 1.807) is 11.8 Å². The zero-order valence-corrected chi connectivity index (χ0v) is 14.0. The Morgan fingerprint density at radius 1 is 1.42 bits per heavy atom. The molecule has 0 aliphatic carbocycles. The van der Waals surface area contributed by atoms with Gasteiger partial charge < -0.3 is 10.2 Å². The maximum Gasteiger partial charge on any atom is 0.134 e. The third-order valence-corrected chi connectivity index (χ3v) is 4.57. The molecule has 2 nitrogen and oxygen atoms in total. The molecule has 1 unspecified atom stereocenters. The van der Waals surface area contributed by atoms with Crippen LogP contribution in [-0.2, 0) is 6.54 Å². The Labute approximate surface area is 130 Å². The van der Waals surface area contributed by atoms with Crippen molar-refractivity contribution in [2.45, 2.75) is 13.5 Å². The fourth-order valence-electron chi connectivity index (χ4n) is 1.75. The number of rotatable bonds is 6. The van der Waals surface area contributed by atoms with Gasteiger partial charge in [0, 0.05) is 23.9 Å². The van der Waals surface area contributed by atoms with Gasteiger partial charge in [-0.1, -0.05) is 60.7 Å². The van der Waals surface area contributed by atoms with E-state index >= 15 is 0 Å². The lowest BCUT2D eigenvalue weighted by molar-refractivity contribution is 0.357. The number of thioether (sulfide) groups is 1. The lowest BCUT2D eigenvalue weighted by Crippen LogP contribution is -2.23. The highest BCUT2D eigenvalue weighted by molar-refractivity contribution is 8.22. The number of thiocarbonyl (C=S) groups is 1. The molecule has 0 aliphatic rings. The molecular weight excluding hydrogens is 296 g/mol. The van der Waals surface area contributed by atoms with Crippen molar-refractivity contribution in [1.29, 1.82) is 0 Å². The first kappa shape index (κ1) is 16.8. The standard InChI is InChI=1S/C14H21ClN2S2/c1-11(9-17(2)3)10-19-14(18)16-8-12-6-4-5-7-13(12)15/h4-7,11H,8-10H2,1-3H3,(H,16,18). The van der Waals surface area contributed by atoms with E-state index in [0.29, 0.717) is 12.5 Å². The van der Waals surface area contributed by atoms with Gasteiger partial charge >= 0.3 is 0 Å². The van der Waals surface area contributed by atoms with E-state index in [1.807, 2.05) is 24.3 Å². The summed E-state index contributed by atoms with van der Waals surface area (Å²) in [4.78, 5) is 2.20. The number of nitrogens with zero attached hydrogens (tertiary/aromatic N) is 1. The third kappa shape index (κ3) is 7.16. The molecule has 0 saturated carbocycles. The maximum atomic E-state index is 6.10. The van der Waals surface area contributed by atoms with Crippen LogP contribution in [0.3, 0.4) is 0 Å². The molecule has 0 heterocycles. The highest BCUT2D eigenvalue weighted by atomic mass is 35.5. The lowest BCUT2D eigenvalue weighted by Gasteiger charge is -2.16. The number of nitrogens with one attached hydrogen (secondary N) is 1. The van der Waals surface area contributed by atoms with Crippen molar-refractivity contribution in [2.75, 3.05) is 26.4 Å². The number of benzene rings is 1. The highest BCUT2D eigenvalue weighted by Gasteiger charge is 2.06. The van der Waals surface area contributed by atoms with Crippen LogP contribution in [0.25, 0.3) is 0 Å². The Bertz CT molecular complexity index is 410. The minimum absolute atomic E-state index is 0.625. The molecule has 1 rings (SSSR count). The number of hydrogen-bond acceptors (Lipinski definition) is 3. The molecule has 5 heteroatoms. The zero-order valence-electron chi connectivity index (χ0n) is 11.6. The van der Waals surface area contributed by atoms with Crippen molar-refractivity contribution in [3.8, 4) is 0 Å². The minimum atomic E-state index is 0.625. The number of hydrogen-bond donors (Lipinski definition) is 1. The van der Waals surface area contributed by atoms with Crippen LogP contribution in [0.1, 0.15) is 12.5 Å². The Kier molecular flexibility index (Phi) is 7.76. The second-order valence-corrected chi connectivity index (χ2v) is 7.01. The molecular formula is C14H21ClN2S2. The van der Waals surface area contributed by atoms with Crippen LogP contribution in [0.4, 0.5) is 0 Å². The van der Waals surface area contributed by atoms with E-state index < -0.39 is 0 Å². The molecule has 0 aliphatic heterocycles. The largest absolute Gasteiger partial charge is 0.367 e. The van der Waals surface area contributed by atoms with Crippen molar-refractivity contribution >= 4 is 39.9 Å². The maximum absolute atomic E-state index is 6.10. The van der Waals surface area contributed by atoms with Gasteiger partial charge in [-0.2, -0.15) is 0 Å². The monoisotopic (exact) mass is 316 g/mol. The van der Waals surface area contributed by atoms with Gasteiger partial charge in [-0.25, -0.2) is 0 Å². The summed E-state index contributed by atoms with van der Waals surface area (Å²) in [5.41, 5.74) is 1.08. The van der Waals surface area contributed by atoms with Crippen LogP contribution in [-0.4, -0.2) is 35.6 Å². The molecule has 0 spiro atoms. The Morgan fingerprint density at radius 3 is 2.74 bits per heavy atom. The first-order valence-corrected chi connectivity index (χ1v) is 8.05. The first-order chi connectivity index (χ1) is 8.99. The predicted octanol–water partition coefficient (Wildman–Crippen LogP) is 3.65. The van der Waals surface area contributed by atoms with Crippen molar-refractivity contribution in [3.63, 3.8) is 0 Å². The molecule has 0 aromatic heterocycles. The molecule has 0 amide bonds. The topological polar surface area (TPSA) is 15.3 Å². The van der Waals surface area contributed by atoms with Crippen molar-refractivity contribution < 1.29 is 0 Å². The summed E-state index contributed by atoms with van der Waals surface area (Å²) in [5, 5.41) is 4.03. The fourth-order valence-corrected chi connectivity index (χ4v) is 2.95. The van der Waals surface area contributed by atoms with Crippen molar-refractivity contribution in [2.24, 2.45) is 5.92 Å². The molecule has 106 valence electrons. The van der Waals surface area contributed by atoms with Gasteiger partial charge in [0.15, 0.2) is 0 Å². The molecule has 0 radical (unpaired) electrons. The van der Waals surface area contributed by atoms with Gasteiger partial charge in [-0.3, -0.25) is 0 Å². The van der Waals surface area contributed by atoms with Crippen LogP contribution >= 0.6 is 35.6 Å². The second kappa shape index (κ2) is 8.80. The van der Waals surface area contributed by atoms with Crippen LogP contribution in [0.15, 0.2) is 24.3 Å². The molecule has 1 aromatic carbocycles. The Hall–Kier alpha value is -0.290. The van der Waals surface area contributed by atoms with Gasteiger partial charge in [0.05, 0.1) is 0 Å². The van der Waals surface area contributed by atoms with Gasteiger partial charge in [-0.05, 0) is 31.6 Å². The highest BCUT2D eigenvalue weighted by Crippen LogP contribution is 2.15. The number of halogens is 1. The zero-order chi connectivity index (χ0) is 14.3. The molecule has 0 bridgehead atoms. The normalized spacial score (nSPS) is 12.5. The van der Waals surface area contributed by atoms with Crippen LogP contribution in [0.5, 0.6) is 0 Å². The molecule has 1 aromatic rings. The summed E-state index contributed by atoms with van der Waals surface area (Å²) in [6.07, 6.45) is 0. The summed E-state index contributed by atoms with van der Waals surface area (Å²) in [6, 6.07) is 7.82. The average Bonchev–Trinajstić information content (AvgIpc) is 2.34. The van der Waals surface area contributed by atoms with Crippen LogP contribution in [0, 0.1) is 5.92 Å². The van der Waals surface area contributed by atoms with E-state index in [9.17, 15) is 0 Å². The van der Waals surface area contributed by atoms with Crippen LogP contribution in [0.2, 0.25) is 5.02 Å². The molecule has 0 saturated heterocycles. The first-order valence-electron chi connectivity index (χ1n) is 6.27. The summed E-state index contributed by atoms with van der Waals surface area (Å²) in [5.74, 6) is 1.66. The molecule has 1 atom stereocenters. The van der Waals surface area contributed by atoms with Gasteiger partial charge in [0.1, 0.15) is 4.32 Å². The minimum Gasteiger partial charge on any atom is -0.367 e. The fraction of sp³-hybridized carbons (Fsp3) is 0.500. The van der Waals surface area contributed by atoms with E-state index in [-0.39, 0.29) is 0 Å². The van der Waals surface area contributed by atoms with Gasteiger partial charge in [0.2, 0.25) is 0 Å². The van der Waals surface area contributed by atoms with Crippen molar-refractivity contribution in [3.05, 3.63) is 34.9 Å². The molecule has 19 heavy (non-hydrogen) atoms. The van der Waals surface area contributed by atoms with Crippen molar-refractivity contribution in [1.82, 2.24) is 10.2 Å². The quantitative estimate of drug-likeness (QED) is 0.805. The van der Waals surface area contributed by atoms with Crippen LogP contribution < -0.4 is 5.32 Å². The summed E-state index contributed by atoms with van der Waals surface area (Å²) < 4.78 is 0.838. The van der Waals surface area contributed by atoms with E-state index in [0.717, 1.165) is 27.2 Å². The lowest BCUT2D eigenvalue weighted by atomic mass is 10.2. The summed E-state index contributed by atoms with van der Waals surface area (Å²) >= 11 is 13.1. The van der Waals surface area contributed by atoms with E-state index in [4.69, 9.17) is 23.8 Å². The summed E-state index contributed by atoms with van der Waals surface area (Å²) in [7, 11) is 4.18. The molecule has 0 fully saturated rings. The Morgan fingerprint density at radius 2 is 2.11 bits per heavy atom. The Balaban J connectivity index is 2.27. The van der Waals surface area contributed by atoms with Gasteiger partial charge in [-0.15, -0.1) is 0 Å². The second-order valence-electron chi connectivity index (χ2n) is 4.91. The van der Waals surface area contributed by atoms with Gasteiger partial charge in [0.25, 0.3) is 0 Å². The predicted molar refractivity (Wildman–Crippen MR) is 91.1 cm³/mol. The SMILES string of the molecule is CC(CSC(=S)NCc1ccccc1Cl)CN(C)C. The third-order valence-electron chi connectivity index (χ3n) is 2.56. The smallest absolute Gasteiger partial charge is 0.134 e. The van der Waals surface area contributed by atoms with E-state index in [1.165, 1.54) is 0 Å². The average molecular weight is 317 g/mol. The summed E-state index contributed by atoms with van der Waals surface area (Å²) in [6.45, 7) is 4.01. The molecule has 1 N–H and O–H groups in total. The van der Waals surface area contributed by atoms with E-state index in [2.05, 4.69) is 31.2 Å².